The molecule has 0 saturated heterocycles. The van der Waals surface area contributed by atoms with Gasteiger partial charge in [-0.25, -0.2) is 0 Å². The molecule has 0 saturated carbocycles. The molecule has 1 unspecified atom stereocenters. The molecule has 9 aromatic rings. The monoisotopic (exact) mass is 714 g/mol. The van der Waals surface area contributed by atoms with Crippen molar-refractivity contribution in [2.45, 2.75) is 21.1 Å². The van der Waals surface area contributed by atoms with E-state index in [4.69, 9.17) is 16.0 Å². The van der Waals surface area contributed by atoms with Crippen molar-refractivity contribution in [3.05, 3.63) is 226 Å². The Morgan fingerprint density at radius 2 is 1.13 bits per heavy atom. The predicted molar refractivity (Wildman–Crippen MR) is 219 cm³/mol. The number of hydrogen-bond donors (Lipinski definition) is 0. The molecule has 1 aliphatic heterocycles. The van der Waals surface area contributed by atoms with E-state index in [1.807, 2.05) is 17.8 Å². The van der Waals surface area contributed by atoms with E-state index in [1.165, 1.54) is 71.0 Å². The van der Waals surface area contributed by atoms with Crippen LogP contribution in [0.15, 0.2) is 196 Å². The molecule has 11 rings (SSSR count). The molecule has 0 radical (unpaired) electrons. The number of para-hydroxylation sites is 1. The first-order valence-corrected chi connectivity index (χ1v) is 19.3. The van der Waals surface area contributed by atoms with Crippen molar-refractivity contribution >= 4 is 45.3 Å². The molecular weight excluding hydrogens is 684 g/mol. The summed E-state index contributed by atoms with van der Waals surface area (Å²) in [6, 6.07) is 66.3. The summed E-state index contributed by atoms with van der Waals surface area (Å²) >= 11 is 8.53. The highest BCUT2D eigenvalue weighted by molar-refractivity contribution is 7.99. The Morgan fingerprint density at radius 1 is 0.453 bits per heavy atom. The fourth-order valence-electron chi connectivity index (χ4n) is 9.19. The standard InChI is InChI=1S/C50H31ClOS/c51-35-24-25-42-47(30-35)53-46-26-23-33(28-43(46)50(42)40-20-10-7-17-36(40)37-18-8-11-21-41(37)50)48(32-15-5-2-6-16-32)34-27-39(31-13-3-1-4-14-31)49-38-19-9-12-22-44(38)52-45(49)29-34/h1-30,48H. The summed E-state index contributed by atoms with van der Waals surface area (Å²) in [5, 5.41) is 3.04. The Balaban J connectivity index is 1.21. The third-order valence-corrected chi connectivity index (χ3v) is 12.7. The minimum atomic E-state index is -0.497. The molecule has 1 aromatic heterocycles. The molecule has 8 aromatic carbocycles. The molecule has 1 spiro atoms. The molecule has 2 aliphatic rings. The maximum absolute atomic E-state index is 6.71. The van der Waals surface area contributed by atoms with Crippen LogP contribution in [-0.4, -0.2) is 0 Å². The number of halogens is 1. The Morgan fingerprint density at radius 3 is 1.91 bits per heavy atom. The Bertz CT molecular complexity index is 2840. The summed E-state index contributed by atoms with van der Waals surface area (Å²) in [6.45, 7) is 0. The Kier molecular flexibility index (Phi) is 6.89. The van der Waals surface area contributed by atoms with Gasteiger partial charge >= 0.3 is 0 Å². The van der Waals surface area contributed by atoms with E-state index in [0.29, 0.717) is 0 Å². The van der Waals surface area contributed by atoms with Gasteiger partial charge in [-0.3, -0.25) is 0 Å². The number of rotatable bonds is 4. The highest BCUT2D eigenvalue weighted by Gasteiger charge is 2.50. The molecule has 2 heterocycles. The predicted octanol–water partition coefficient (Wildman–Crippen LogP) is 13.9. The molecule has 0 amide bonds. The van der Waals surface area contributed by atoms with E-state index in [2.05, 4.69) is 176 Å². The normalized spacial score (nSPS) is 14.1. The van der Waals surface area contributed by atoms with Gasteiger partial charge in [0.1, 0.15) is 11.2 Å². The van der Waals surface area contributed by atoms with E-state index in [9.17, 15) is 0 Å². The number of fused-ring (bicyclic) bond motifs is 12. The lowest BCUT2D eigenvalue weighted by Crippen LogP contribution is -2.32. The summed E-state index contributed by atoms with van der Waals surface area (Å²) in [5.41, 5.74) is 15.1. The van der Waals surface area contributed by atoms with Gasteiger partial charge in [-0.2, -0.15) is 0 Å². The lowest BCUT2D eigenvalue weighted by atomic mass is 9.66. The first-order chi connectivity index (χ1) is 26.2. The third kappa shape index (κ3) is 4.53. The molecule has 1 atom stereocenters. The number of furan rings is 1. The highest BCUT2D eigenvalue weighted by atomic mass is 35.5. The Hall–Kier alpha value is -5.80. The molecule has 53 heavy (non-hydrogen) atoms. The quantitative estimate of drug-likeness (QED) is 0.168. The zero-order valence-electron chi connectivity index (χ0n) is 28.6. The van der Waals surface area contributed by atoms with Crippen LogP contribution in [0.4, 0.5) is 0 Å². The van der Waals surface area contributed by atoms with Gasteiger partial charge in [0, 0.05) is 31.5 Å². The molecule has 0 bridgehead atoms. The van der Waals surface area contributed by atoms with Crippen LogP contribution in [0.1, 0.15) is 44.9 Å². The molecule has 3 heteroatoms. The minimum absolute atomic E-state index is 0.0536. The van der Waals surface area contributed by atoms with Crippen LogP contribution >= 0.6 is 23.4 Å². The fraction of sp³-hybridized carbons (Fsp3) is 0.0400. The molecule has 0 N–H and O–H groups in total. The van der Waals surface area contributed by atoms with Crippen molar-refractivity contribution in [3.8, 4) is 22.3 Å². The summed E-state index contributed by atoms with van der Waals surface area (Å²) in [5.74, 6) is -0.0536. The molecule has 250 valence electrons. The SMILES string of the molecule is Clc1ccc2c(c1)Sc1ccc(C(c3ccccc3)c3cc(-c4ccccc4)c4c(c3)oc3ccccc34)cc1C21c2ccccc2-c2ccccc21. The van der Waals surface area contributed by atoms with Crippen molar-refractivity contribution < 1.29 is 4.42 Å². The van der Waals surface area contributed by atoms with Crippen molar-refractivity contribution in [2.75, 3.05) is 0 Å². The average Bonchev–Trinajstić information content (AvgIpc) is 3.73. The van der Waals surface area contributed by atoms with Crippen molar-refractivity contribution in [3.63, 3.8) is 0 Å². The van der Waals surface area contributed by atoms with Gasteiger partial charge in [-0.15, -0.1) is 0 Å². The van der Waals surface area contributed by atoms with Crippen molar-refractivity contribution in [1.82, 2.24) is 0 Å². The second kappa shape index (κ2) is 11.9. The van der Waals surface area contributed by atoms with E-state index >= 15 is 0 Å². The van der Waals surface area contributed by atoms with E-state index in [1.54, 1.807) is 0 Å². The van der Waals surface area contributed by atoms with E-state index in [0.717, 1.165) is 27.0 Å². The molecule has 1 nitrogen and oxygen atoms in total. The van der Waals surface area contributed by atoms with Gasteiger partial charge < -0.3 is 4.42 Å². The van der Waals surface area contributed by atoms with Crippen LogP contribution in [-0.2, 0) is 5.41 Å². The third-order valence-electron chi connectivity index (χ3n) is 11.3. The Labute approximate surface area is 317 Å². The van der Waals surface area contributed by atoms with E-state index < -0.39 is 5.41 Å². The van der Waals surface area contributed by atoms with Crippen LogP contribution in [0.3, 0.4) is 0 Å². The maximum atomic E-state index is 6.71. The first-order valence-electron chi connectivity index (χ1n) is 18.1. The first kappa shape index (κ1) is 30.8. The zero-order chi connectivity index (χ0) is 35.1. The highest BCUT2D eigenvalue weighted by Crippen LogP contribution is 2.62. The minimum Gasteiger partial charge on any atom is -0.456 e. The topological polar surface area (TPSA) is 13.1 Å². The fourth-order valence-corrected chi connectivity index (χ4v) is 10.6. The summed E-state index contributed by atoms with van der Waals surface area (Å²) in [7, 11) is 0. The maximum Gasteiger partial charge on any atom is 0.136 e. The molecule has 0 fully saturated rings. The second-order valence-corrected chi connectivity index (χ2v) is 15.6. The summed E-state index contributed by atoms with van der Waals surface area (Å²) in [4.78, 5) is 2.45. The number of hydrogen-bond acceptors (Lipinski definition) is 2. The molecule has 1 aliphatic carbocycles. The second-order valence-electron chi connectivity index (χ2n) is 14.1. The van der Waals surface area contributed by atoms with Gasteiger partial charge in [0.25, 0.3) is 0 Å². The van der Waals surface area contributed by atoms with Crippen molar-refractivity contribution in [1.29, 1.82) is 0 Å². The van der Waals surface area contributed by atoms with Gasteiger partial charge in [0.05, 0.1) is 5.41 Å². The van der Waals surface area contributed by atoms with Crippen LogP contribution in [0.5, 0.6) is 0 Å². The zero-order valence-corrected chi connectivity index (χ0v) is 30.2. The van der Waals surface area contributed by atoms with Gasteiger partial charge in [0.2, 0.25) is 0 Å². The smallest absolute Gasteiger partial charge is 0.136 e. The van der Waals surface area contributed by atoms with Crippen LogP contribution in [0.2, 0.25) is 5.02 Å². The van der Waals surface area contributed by atoms with Crippen LogP contribution < -0.4 is 0 Å². The lowest BCUT2D eigenvalue weighted by Gasteiger charge is -2.40. The van der Waals surface area contributed by atoms with Crippen molar-refractivity contribution in [2.24, 2.45) is 0 Å². The van der Waals surface area contributed by atoms with Gasteiger partial charge in [-0.1, -0.05) is 169 Å². The van der Waals surface area contributed by atoms with Crippen LogP contribution in [0.25, 0.3) is 44.2 Å². The lowest BCUT2D eigenvalue weighted by molar-refractivity contribution is 0.668. The van der Waals surface area contributed by atoms with Gasteiger partial charge in [-0.05, 0) is 97.6 Å². The summed E-state index contributed by atoms with van der Waals surface area (Å²) < 4.78 is 6.66. The van der Waals surface area contributed by atoms with Gasteiger partial charge in [0.15, 0.2) is 0 Å². The number of benzene rings is 8. The van der Waals surface area contributed by atoms with E-state index in [-0.39, 0.29) is 5.92 Å². The largest absolute Gasteiger partial charge is 0.456 e. The van der Waals surface area contributed by atoms with Crippen LogP contribution in [0, 0.1) is 0 Å². The average molecular weight is 715 g/mol. The molecular formula is C50H31ClOS. The summed E-state index contributed by atoms with van der Waals surface area (Å²) in [6.07, 6.45) is 0.